The van der Waals surface area contributed by atoms with Gasteiger partial charge < -0.3 is 5.11 Å². The number of carbonyl (C=O) groups excluding carboxylic acids is 1. The molecule has 0 aliphatic heterocycles. The van der Waals surface area contributed by atoms with Crippen LogP contribution in [0, 0.1) is 6.92 Å². The van der Waals surface area contributed by atoms with E-state index in [9.17, 15) is 18.0 Å². The summed E-state index contributed by atoms with van der Waals surface area (Å²) in [6, 6.07) is 5.38. The number of hydrogen-bond donors (Lipinski definition) is 2. The molecule has 1 unspecified atom stereocenters. The van der Waals surface area contributed by atoms with Crippen molar-refractivity contribution in [3.05, 3.63) is 29.8 Å². The van der Waals surface area contributed by atoms with Crippen molar-refractivity contribution >= 4 is 44.6 Å². The van der Waals surface area contributed by atoms with Gasteiger partial charge in [0, 0.05) is 6.92 Å². The van der Waals surface area contributed by atoms with Crippen molar-refractivity contribution in [2.45, 2.75) is 31.2 Å². The third kappa shape index (κ3) is 8.95. The van der Waals surface area contributed by atoms with E-state index in [0.717, 1.165) is 0 Å². The number of hydrogen-bond acceptors (Lipinski definition) is 5. The first kappa shape index (κ1) is 21.9. The zero-order valence-electron chi connectivity index (χ0n) is 13.1. The number of carbonyl (C=O) groups is 2. The number of carboxylic acids is 1. The molecular formula is C14H20ClNO5S2. The Kier molecular flexibility index (Phi) is 10.1. The Bertz CT molecular complexity index is 630. The van der Waals surface area contributed by atoms with Gasteiger partial charge in [0.1, 0.15) is 6.04 Å². The van der Waals surface area contributed by atoms with Crippen LogP contribution in [0.5, 0.6) is 0 Å². The van der Waals surface area contributed by atoms with Gasteiger partial charge in [-0.25, -0.2) is 8.42 Å². The van der Waals surface area contributed by atoms with Crippen LogP contribution in [0.25, 0.3) is 0 Å². The maximum atomic E-state index is 12.1. The van der Waals surface area contributed by atoms with Gasteiger partial charge in [-0.1, -0.05) is 18.2 Å². The van der Waals surface area contributed by atoms with Crippen molar-refractivity contribution in [3.63, 3.8) is 0 Å². The molecule has 0 aromatic heterocycles. The number of aliphatic carboxylic acids is 1. The minimum Gasteiger partial charge on any atom is -0.480 e. The Balaban J connectivity index is 0.00000108. The highest BCUT2D eigenvalue weighted by Crippen LogP contribution is 2.15. The summed E-state index contributed by atoms with van der Waals surface area (Å²) in [6.07, 6.45) is 2.09. The Morgan fingerprint density at radius 3 is 2.30 bits per heavy atom. The predicted octanol–water partition coefficient (Wildman–Crippen LogP) is 2.25. The molecule has 0 radical (unpaired) electrons. The lowest BCUT2D eigenvalue weighted by molar-refractivity contribution is -0.139. The summed E-state index contributed by atoms with van der Waals surface area (Å²) in [5, 5.41) is 8.68. The number of carboxylic acid groups (broad SMARTS) is 1. The highest BCUT2D eigenvalue weighted by atomic mass is 35.5. The molecule has 23 heavy (non-hydrogen) atoms. The second-order valence-electron chi connectivity index (χ2n) is 4.53. The predicted molar refractivity (Wildman–Crippen MR) is 92.5 cm³/mol. The average molecular weight is 382 g/mol. The van der Waals surface area contributed by atoms with Gasteiger partial charge in [0.05, 0.1) is 4.90 Å². The van der Waals surface area contributed by atoms with E-state index in [1.807, 2.05) is 6.26 Å². The minimum atomic E-state index is -3.81. The molecule has 0 spiro atoms. The summed E-state index contributed by atoms with van der Waals surface area (Å²) in [5.74, 6) is -0.584. The lowest BCUT2D eigenvalue weighted by Crippen LogP contribution is -2.41. The average Bonchev–Trinajstić information content (AvgIpc) is 2.42. The summed E-state index contributed by atoms with van der Waals surface area (Å²) >= 11 is 6.11. The molecule has 0 bridgehead atoms. The molecule has 2 N–H and O–H groups in total. The van der Waals surface area contributed by atoms with E-state index in [1.165, 1.54) is 24.8 Å². The monoisotopic (exact) mass is 381 g/mol. The molecule has 1 aromatic carbocycles. The third-order valence-electron chi connectivity index (χ3n) is 2.59. The third-order valence-corrected chi connectivity index (χ3v) is 4.87. The second-order valence-corrected chi connectivity index (χ2v) is 7.73. The molecule has 0 fully saturated rings. The summed E-state index contributed by atoms with van der Waals surface area (Å²) in [5.41, 5.74) is 0.587. The van der Waals surface area contributed by atoms with Crippen LogP contribution in [0.15, 0.2) is 29.2 Å². The van der Waals surface area contributed by atoms with E-state index in [2.05, 4.69) is 16.3 Å². The molecule has 130 valence electrons. The quantitative estimate of drug-likeness (QED) is 0.702. The van der Waals surface area contributed by atoms with Gasteiger partial charge in [0.2, 0.25) is 15.3 Å². The largest absolute Gasteiger partial charge is 0.480 e. The molecule has 0 aliphatic carbocycles. The zero-order valence-corrected chi connectivity index (χ0v) is 15.5. The Morgan fingerprint density at radius 2 is 1.87 bits per heavy atom. The maximum Gasteiger partial charge on any atom is 0.321 e. The smallest absolute Gasteiger partial charge is 0.321 e. The van der Waals surface area contributed by atoms with Gasteiger partial charge in [-0.2, -0.15) is 16.5 Å². The second kappa shape index (κ2) is 10.6. The molecule has 1 rings (SSSR count). The first-order chi connectivity index (χ1) is 10.6. The number of halogens is 1. The van der Waals surface area contributed by atoms with Crippen molar-refractivity contribution in [1.82, 2.24) is 4.72 Å². The first-order valence-electron chi connectivity index (χ1n) is 6.57. The zero-order chi connectivity index (χ0) is 18.0. The van der Waals surface area contributed by atoms with Crippen LogP contribution in [0.1, 0.15) is 18.9 Å². The molecular weight excluding hydrogens is 362 g/mol. The van der Waals surface area contributed by atoms with Crippen LogP contribution < -0.4 is 4.72 Å². The Hall–Kier alpha value is -1.09. The number of benzene rings is 1. The van der Waals surface area contributed by atoms with Gasteiger partial charge >= 0.3 is 5.97 Å². The van der Waals surface area contributed by atoms with Crippen LogP contribution in [-0.4, -0.2) is 42.8 Å². The summed E-state index contributed by atoms with van der Waals surface area (Å²) in [7, 11) is -3.81. The summed E-state index contributed by atoms with van der Waals surface area (Å²) < 4.78 is 26.5. The van der Waals surface area contributed by atoms with Crippen LogP contribution in [-0.2, 0) is 19.6 Å². The fourth-order valence-corrected chi connectivity index (χ4v) is 3.52. The molecule has 1 atom stereocenters. The van der Waals surface area contributed by atoms with Gasteiger partial charge in [-0.15, -0.1) is 0 Å². The SMILES string of the molecule is CC(=O)Cl.CSCCC(NS(=O)(=O)c1ccccc1C)C(=O)O. The number of rotatable bonds is 7. The molecule has 1 aromatic rings. The number of thioether (sulfide) groups is 1. The van der Waals surface area contributed by atoms with Crippen molar-refractivity contribution in [1.29, 1.82) is 0 Å². The van der Waals surface area contributed by atoms with E-state index in [1.54, 1.807) is 25.1 Å². The van der Waals surface area contributed by atoms with E-state index in [-0.39, 0.29) is 16.6 Å². The van der Waals surface area contributed by atoms with Crippen molar-refractivity contribution < 1.29 is 23.1 Å². The van der Waals surface area contributed by atoms with E-state index in [0.29, 0.717) is 11.3 Å². The number of aryl methyl sites for hydroxylation is 1. The van der Waals surface area contributed by atoms with Crippen LogP contribution in [0.3, 0.4) is 0 Å². The maximum absolute atomic E-state index is 12.1. The summed E-state index contributed by atoms with van der Waals surface area (Å²) in [4.78, 5) is 20.4. The molecule has 0 saturated heterocycles. The van der Waals surface area contributed by atoms with Crippen molar-refractivity contribution in [2.24, 2.45) is 0 Å². The van der Waals surface area contributed by atoms with Gasteiger partial charge in [0.15, 0.2) is 0 Å². The first-order valence-corrected chi connectivity index (χ1v) is 9.83. The number of sulfonamides is 1. The molecule has 0 amide bonds. The van der Waals surface area contributed by atoms with Crippen molar-refractivity contribution in [2.75, 3.05) is 12.0 Å². The molecule has 0 aliphatic rings. The van der Waals surface area contributed by atoms with Crippen LogP contribution in [0.4, 0.5) is 0 Å². The lowest BCUT2D eigenvalue weighted by Gasteiger charge is -2.15. The van der Waals surface area contributed by atoms with E-state index in [4.69, 9.17) is 5.11 Å². The van der Waals surface area contributed by atoms with E-state index < -0.39 is 22.0 Å². The highest BCUT2D eigenvalue weighted by Gasteiger charge is 2.25. The van der Waals surface area contributed by atoms with E-state index >= 15 is 0 Å². The Labute approximate surface area is 145 Å². The van der Waals surface area contributed by atoms with Crippen LogP contribution >= 0.6 is 23.4 Å². The highest BCUT2D eigenvalue weighted by molar-refractivity contribution is 7.98. The lowest BCUT2D eigenvalue weighted by atomic mass is 10.2. The van der Waals surface area contributed by atoms with Crippen molar-refractivity contribution in [3.8, 4) is 0 Å². The van der Waals surface area contributed by atoms with Crippen LogP contribution in [0.2, 0.25) is 0 Å². The van der Waals surface area contributed by atoms with Gasteiger partial charge in [0.25, 0.3) is 0 Å². The van der Waals surface area contributed by atoms with Gasteiger partial charge in [-0.3, -0.25) is 9.59 Å². The molecule has 0 heterocycles. The Morgan fingerprint density at radius 1 is 1.35 bits per heavy atom. The standard InChI is InChI=1S/C12H17NO4S2.C2H3ClO/c1-9-5-3-4-6-11(9)19(16,17)13-10(12(14)15)7-8-18-2;1-2(3)4/h3-6,10,13H,7-8H2,1-2H3,(H,14,15);1H3. The topological polar surface area (TPSA) is 101 Å². The molecule has 9 heteroatoms. The molecule has 0 saturated carbocycles. The minimum absolute atomic E-state index is 0.116. The fourth-order valence-electron chi connectivity index (χ4n) is 1.58. The normalized spacial score (nSPS) is 12.0. The van der Waals surface area contributed by atoms with Gasteiger partial charge in [-0.05, 0) is 48.6 Å². The molecule has 6 nitrogen and oxygen atoms in total. The fraction of sp³-hybridized carbons (Fsp3) is 0.429. The summed E-state index contributed by atoms with van der Waals surface area (Å²) in [6.45, 7) is 2.97. The number of nitrogens with one attached hydrogen (secondary N) is 1.